The van der Waals surface area contributed by atoms with Crippen LogP contribution in [0.1, 0.15) is 6.42 Å². The molecule has 2 N–H and O–H groups in total. The van der Waals surface area contributed by atoms with Crippen molar-refractivity contribution in [2.45, 2.75) is 6.42 Å². The summed E-state index contributed by atoms with van der Waals surface area (Å²) in [7, 11) is 0. The second-order valence-electron chi connectivity index (χ2n) is 1.55. The van der Waals surface area contributed by atoms with Gasteiger partial charge in [0.15, 0.2) is 5.04 Å². The zero-order valence-corrected chi connectivity index (χ0v) is 5.43. The van der Waals surface area contributed by atoms with Crippen molar-refractivity contribution in [2.24, 2.45) is 10.3 Å². The fourth-order valence-corrected chi connectivity index (χ4v) is 1.47. The lowest BCUT2D eigenvalue weighted by molar-refractivity contribution is 0.315. The van der Waals surface area contributed by atoms with E-state index in [9.17, 15) is 0 Å². The number of nitrogens with zero attached hydrogens (tertiary/aromatic N) is 2. The Hall–Kier alpha value is -0.710. The summed E-state index contributed by atoms with van der Waals surface area (Å²) in [4.78, 5) is 0. The van der Waals surface area contributed by atoms with E-state index in [1.54, 1.807) is 0 Å². The van der Waals surface area contributed by atoms with Crippen molar-refractivity contribution in [2.75, 3.05) is 5.75 Å². The van der Waals surface area contributed by atoms with Crippen LogP contribution >= 0.6 is 11.8 Å². The van der Waals surface area contributed by atoms with Gasteiger partial charge in [-0.2, -0.15) is 0 Å². The molecular weight excluding hydrogens is 140 g/mol. The maximum Gasteiger partial charge on any atom is 0.160 e. The van der Waals surface area contributed by atoms with Gasteiger partial charge in [0, 0.05) is 12.2 Å². The first-order valence-corrected chi connectivity index (χ1v) is 3.43. The second kappa shape index (κ2) is 2.72. The topological polar surface area (TPSA) is 65.2 Å². The lowest BCUT2D eigenvalue weighted by atomic mass is 10.3. The van der Waals surface area contributed by atoms with E-state index in [0.29, 0.717) is 17.2 Å². The van der Waals surface area contributed by atoms with Gasteiger partial charge in [0.2, 0.25) is 0 Å². The lowest BCUT2D eigenvalue weighted by Gasteiger charge is -1.87. The number of hydrogen-bond donors (Lipinski definition) is 2. The van der Waals surface area contributed by atoms with Crippen LogP contribution in [-0.4, -0.2) is 26.9 Å². The van der Waals surface area contributed by atoms with Crippen LogP contribution in [0, 0.1) is 0 Å². The fraction of sp³-hybridized carbons (Fsp3) is 0.500. The second-order valence-corrected chi connectivity index (χ2v) is 2.63. The molecule has 1 saturated heterocycles. The molecule has 0 atom stereocenters. The summed E-state index contributed by atoms with van der Waals surface area (Å²) in [6, 6.07) is 0. The number of thioether (sulfide) groups is 1. The van der Waals surface area contributed by atoms with E-state index in [1.807, 2.05) is 0 Å². The first kappa shape index (κ1) is 6.41. The molecule has 1 heterocycles. The van der Waals surface area contributed by atoms with Crippen molar-refractivity contribution in [3.63, 3.8) is 0 Å². The third-order valence-electron chi connectivity index (χ3n) is 1.04. The van der Waals surface area contributed by atoms with Gasteiger partial charge in [0.25, 0.3) is 0 Å². The number of hydrogen-bond acceptors (Lipinski definition) is 5. The molecule has 1 aliphatic heterocycles. The highest BCUT2D eigenvalue weighted by molar-refractivity contribution is 8.16. The minimum Gasteiger partial charge on any atom is -0.411 e. The SMILES string of the molecule is ON=C1CCSC1=NO. The van der Waals surface area contributed by atoms with Crippen LogP contribution in [0.3, 0.4) is 0 Å². The highest BCUT2D eigenvalue weighted by Gasteiger charge is 2.18. The molecule has 0 aromatic carbocycles. The molecule has 9 heavy (non-hydrogen) atoms. The zero-order chi connectivity index (χ0) is 6.69. The largest absolute Gasteiger partial charge is 0.411 e. The van der Waals surface area contributed by atoms with Crippen LogP contribution in [0.15, 0.2) is 10.3 Å². The summed E-state index contributed by atoms with van der Waals surface area (Å²) >= 11 is 1.38. The van der Waals surface area contributed by atoms with E-state index in [1.165, 1.54) is 11.8 Å². The van der Waals surface area contributed by atoms with Crippen LogP contribution in [0.25, 0.3) is 0 Å². The summed E-state index contributed by atoms with van der Waals surface area (Å²) in [6.45, 7) is 0. The standard InChI is InChI=1S/C4H6N2O2S/c7-5-3-1-2-9-4(3)6-8/h7-8H,1-2H2. The van der Waals surface area contributed by atoms with Gasteiger partial charge in [0.05, 0.1) is 0 Å². The summed E-state index contributed by atoms with van der Waals surface area (Å²) in [5, 5.41) is 22.8. The highest BCUT2D eigenvalue weighted by Crippen LogP contribution is 2.17. The van der Waals surface area contributed by atoms with Crippen molar-refractivity contribution in [3.05, 3.63) is 0 Å². The molecule has 0 radical (unpaired) electrons. The molecule has 1 rings (SSSR count). The van der Waals surface area contributed by atoms with Gasteiger partial charge in [-0.3, -0.25) is 0 Å². The minimum atomic E-state index is 0.428. The van der Waals surface area contributed by atoms with Crippen LogP contribution < -0.4 is 0 Å². The van der Waals surface area contributed by atoms with Gasteiger partial charge in [-0.05, 0) is 0 Å². The van der Waals surface area contributed by atoms with Gasteiger partial charge < -0.3 is 10.4 Å². The fourth-order valence-electron chi connectivity index (χ4n) is 0.614. The van der Waals surface area contributed by atoms with Crippen LogP contribution in [0.5, 0.6) is 0 Å². The molecule has 0 aliphatic carbocycles. The Balaban J connectivity index is 2.75. The Kier molecular flexibility index (Phi) is 1.94. The molecule has 0 bridgehead atoms. The Labute approximate surface area is 56.2 Å². The van der Waals surface area contributed by atoms with Crippen molar-refractivity contribution in [3.8, 4) is 0 Å². The summed E-state index contributed by atoms with van der Waals surface area (Å²) in [5.41, 5.74) is 0.475. The van der Waals surface area contributed by atoms with Gasteiger partial charge in [0.1, 0.15) is 5.71 Å². The van der Waals surface area contributed by atoms with Crippen LogP contribution in [0.2, 0.25) is 0 Å². The normalized spacial score (nSPS) is 28.0. The van der Waals surface area contributed by atoms with Gasteiger partial charge >= 0.3 is 0 Å². The van der Waals surface area contributed by atoms with E-state index in [-0.39, 0.29) is 0 Å². The van der Waals surface area contributed by atoms with Crippen molar-refractivity contribution in [1.29, 1.82) is 0 Å². The quantitative estimate of drug-likeness (QED) is 0.391. The Morgan fingerprint density at radius 2 is 2.11 bits per heavy atom. The zero-order valence-electron chi connectivity index (χ0n) is 4.61. The molecule has 0 aromatic heterocycles. The van der Waals surface area contributed by atoms with Gasteiger partial charge in [-0.25, -0.2) is 0 Å². The molecule has 1 fully saturated rings. The average molecular weight is 146 g/mol. The van der Waals surface area contributed by atoms with Crippen molar-refractivity contribution >= 4 is 22.5 Å². The van der Waals surface area contributed by atoms with E-state index in [4.69, 9.17) is 10.4 Å². The number of oxime groups is 2. The lowest BCUT2D eigenvalue weighted by Crippen LogP contribution is -2.01. The molecule has 4 nitrogen and oxygen atoms in total. The Morgan fingerprint density at radius 1 is 1.33 bits per heavy atom. The summed E-state index contributed by atoms with van der Waals surface area (Å²) in [5.74, 6) is 0.832. The molecule has 0 unspecified atom stereocenters. The van der Waals surface area contributed by atoms with Gasteiger partial charge in [-0.15, -0.1) is 11.8 Å². The summed E-state index contributed by atoms with van der Waals surface area (Å²) in [6.07, 6.45) is 0.681. The first-order valence-electron chi connectivity index (χ1n) is 2.44. The molecule has 1 aliphatic rings. The molecule has 0 aromatic rings. The predicted octanol–water partition coefficient (Wildman–Crippen LogP) is 0.741. The third kappa shape index (κ3) is 1.16. The summed E-state index contributed by atoms with van der Waals surface area (Å²) < 4.78 is 0. The monoisotopic (exact) mass is 146 g/mol. The minimum absolute atomic E-state index is 0.428. The maximum absolute atomic E-state index is 8.25. The van der Waals surface area contributed by atoms with E-state index >= 15 is 0 Å². The molecule has 0 spiro atoms. The first-order chi connectivity index (χ1) is 4.38. The van der Waals surface area contributed by atoms with Crippen LogP contribution in [0.4, 0.5) is 0 Å². The molecule has 0 amide bonds. The molecule has 50 valence electrons. The number of rotatable bonds is 0. The van der Waals surface area contributed by atoms with E-state index < -0.39 is 0 Å². The Bertz CT molecular complexity index is 148. The molecule has 5 heteroatoms. The van der Waals surface area contributed by atoms with Crippen molar-refractivity contribution in [1.82, 2.24) is 0 Å². The van der Waals surface area contributed by atoms with Crippen LogP contribution in [-0.2, 0) is 0 Å². The average Bonchev–Trinajstić information content (AvgIpc) is 2.33. The third-order valence-corrected chi connectivity index (χ3v) is 2.04. The van der Waals surface area contributed by atoms with E-state index in [2.05, 4.69) is 10.3 Å². The molecule has 0 saturated carbocycles. The van der Waals surface area contributed by atoms with Gasteiger partial charge in [-0.1, -0.05) is 10.3 Å². The Morgan fingerprint density at radius 3 is 2.56 bits per heavy atom. The maximum atomic E-state index is 8.25. The highest BCUT2D eigenvalue weighted by atomic mass is 32.2. The van der Waals surface area contributed by atoms with Crippen molar-refractivity contribution < 1.29 is 10.4 Å². The smallest absolute Gasteiger partial charge is 0.160 e. The predicted molar refractivity (Wildman–Crippen MR) is 35.5 cm³/mol. The van der Waals surface area contributed by atoms with E-state index in [0.717, 1.165) is 5.75 Å². The molecular formula is C4H6N2O2S.